The zero-order chi connectivity index (χ0) is 21.3. The van der Waals surface area contributed by atoms with E-state index in [9.17, 15) is 13.9 Å². The molecular weight excluding hydrogens is 391 g/mol. The van der Waals surface area contributed by atoms with Crippen molar-refractivity contribution in [2.24, 2.45) is 10.9 Å². The topological polar surface area (TPSA) is 41.8 Å². The van der Waals surface area contributed by atoms with Crippen LogP contribution in [0.2, 0.25) is 0 Å². The molecule has 6 heteroatoms. The number of ether oxygens (including phenoxy) is 1. The standard InChI is InChI=1S/C23H30F2NO2P/c1-3-5-8-17(4-2)16-28-20-11-12-22(27)21(14-20)26-15-18-9-6-7-10-19(13-18)23(24,25)29/h7,9-15,17,27H,3-6,8,16,29H2,1-2H3. The van der Waals surface area contributed by atoms with Gasteiger partial charge in [-0.3, -0.25) is 4.99 Å². The third-order valence-corrected chi connectivity index (χ3v) is 5.16. The highest BCUT2D eigenvalue weighted by Crippen LogP contribution is 2.34. The monoisotopic (exact) mass is 421 g/mol. The van der Waals surface area contributed by atoms with Crippen LogP contribution in [0.3, 0.4) is 0 Å². The van der Waals surface area contributed by atoms with Gasteiger partial charge in [-0.05, 0) is 42.5 Å². The number of aromatic hydroxyl groups is 1. The van der Waals surface area contributed by atoms with E-state index < -0.39 is 5.66 Å². The smallest absolute Gasteiger partial charge is 0.283 e. The molecule has 0 heterocycles. The van der Waals surface area contributed by atoms with Crippen molar-refractivity contribution in [2.45, 2.75) is 51.6 Å². The van der Waals surface area contributed by atoms with Crippen LogP contribution in [0.4, 0.5) is 14.5 Å². The van der Waals surface area contributed by atoms with E-state index in [1.54, 1.807) is 33.5 Å². The molecule has 2 atom stereocenters. The summed E-state index contributed by atoms with van der Waals surface area (Å²) in [6.45, 7) is 4.96. The number of hydrogen-bond donors (Lipinski definition) is 1. The van der Waals surface area contributed by atoms with Crippen LogP contribution in [0.25, 0.3) is 0 Å². The van der Waals surface area contributed by atoms with Crippen LogP contribution in [-0.4, -0.2) is 23.6 Å². The summed E-state index contributed by atoms with van der Waals surface area (Å²) in [4.78, 5) is 4.30. The van der Waals surface area contributed by atoms with Crippen molar-refractivity contribution in [3.63, 3.8) is 0 Å². The highest BCUT2D eigenvalue weighted by Gasteiger charge is 2.26. The molecule has 29 heavy (non-hydrogen) atoms. The van der Waals surface area contributed by atoms with Gasteiger partial charge in [0.2, 0.25) is 0 Å². The van der Waals surface area contributed by atoms with E-state index >= 15 is 0 Å². The van der Waals surface area contributed by atoms with Crippen molar-refractivity contribution in [3.05, 3.63) is 53.6 Å². The summed E-state index contributed by atoms with van der Waals surface area (Å²) in [5.41, 5.74) is -2.20. The number of phenolic OH excluding ortho intramolecular Hbond substituents is 1. The fraction of sp³-hybridized carbons (Fsp3) is 0.435. The first-order valence-corrected chi connectivity index (χ1v) is 10.7. The molecule has 0 spiro atoms. The molecule has 1 aliphatic carbocycles. The number of rotatable bonds is 10. The van der Waals surface area contributed by atoms with E-state index in [-0.39, 0.29) is 11.3 Å². The number of nitrogens with zero attached hydrogens (tertiary/aromatic N) is 1. The van der Waals surface area contributed by atoms with Crippen LogP contribution in [-0.2, 0) is 0 Å². The van der Waals surface area contributed by atoms with Gasteiger partial charge in [0.25, 0.3) is 5.66 Å². The van der Waals surface area contributed by atoms with Crippen LogP contribution in [0.15, 0.2) is 58.6 Å². The number of phenols is 1. The summed E-state index contributed by atoms with van der Waals surface area (Å²) in [6.07, 6.45) is 12.9. The molecule has 1 N–H and O–H groups in total. The predicted molar refractivity (Wildman–Crippen MR) is 120 cm³/mol. The second-order valence-electron chi connectivity index (χ2n) is 7.20. The quantitative estimate of drug-likeness (QED) is 0.327. The van der Waals surface area contributed by atoms with Crippen LogP contribution in [0, 0.1) is 5.92 Å². The van der Waals surface area contributed by atoms with Gasteiger partial charge in [-0.15, -0.1) is 0 Å². The molecule has 0 bridgehead atoms. The second-order valence-corrected chi connectivity index (χ2v) is 7.93. The van der Waals surface area contributed by atoms with E-state index in [1.165, 1.54) is 37.3 Å². The summed E-state index contributed by atoms with van der Waals surface area (Å²) < 4.78 is 33.1. The van der Waals surface area contributed by atoms with Gasteiger partial charge in [-0.25, -0.2) is 0 Å². The number of benzene rings is 1. The van der Waals surface area contributed by atoms with Gasteiger partial charge in [0.15, 0.2) is 0 Å². The van der Waals surface area contributed by atoms with Gasteiger partial charge < -0.3 is 9.84 Å². The Morgan fingerprint density at radius 2 is 2.14 bits per heavy atom. The Kier molecular flexibility index (Phi) is 9.03. The maximum Gasteiger partial charge on any atom is 0.283 e. The Hall–Kier alpha value is -2.00. The molecule has 158 valence electrons. The van der Waals surface area contributed by atoms with Gasteiger partial charge in [-0.2, -0.15) is 8.78 Å². The molecule has 0 amide bonds. The maximum atomic E-state index is 13.6. The van der Waals surface area contributed by atoms with Gasteiger partial charge in [-0.1, -0.05) is 60.6 Å². The molecule has 1 aromatic carbocycles. The number of unbranched alkanes of at least 4 members (excludes halogenated alkanes) is 1. The minimum atomic E-state index is -3.00. The maximum absolute atomic E-state index is 13.6. The van der Waals surface area contributed by atoms with Crippen LogP contribution in [0.5, 0.6) is 11.5 Å². The zero-order valence-corrected chi connectivity index (χ0v) is 18.2. The normalized spacial score (nSPS) is 15.8. The Bertz CT molecular complexity index is 795. The number of hydrogen-bond acceptors (Lipinski definition) is 3. The third kappa shape index (κ3) is 7.74. The van der Waals surface area contributed by atoms with Crippen molar-refractivity contribution in [1.82, 2.24) is 0 Å². The number of aliphatic imine (C=N–C) groups is 1. The summed E-state index contributed by atoms with van der Waals surface area (Å²) in [7, 11) is 1.55. The van der Waals surface area contributed by atoms with Gasteiger partial charge in [0, 0.05) is 17.9 Å². The molecule has 3 nitrogen and oxygen atoms in total. The minimum absolute atomic E-state index is 0.0135. The predicted octanol–water partition coefficient (Wildman–Crippen LogP) is 6.97. The van der Waals surface area contributed by atoms with Crippen molar-refractivity contribution in [2.75, 3.05) is 6.61 Å². The highest BCUT2D eigenvalue weighted by atomic mass is 31.0. The first-order chi connectivity index (χ1) is 13.8. The summed E-state index contributed by atoms with van der Waals surface area (Å²) in [5.74, 6) is 1.14. The number of allylic oxidation sites excluding steroid dienone is 6. The largest absolute Gasteiger partial charge is 0.506 e. The van der Waals surface area contributed by atoms with E-state index in [0.29, 0.717) is 36.0 Å². The molecule has 0 saturated heterocycles. The first-order valence-electron chi connectivity index (χ1n) is 10.1. The van der Waals surface area contributed by atoms with E-state index in [4.69, 9.17) is 4.74 Å². The van der Waals surface area contributed by atoms with Gasteiger partial charge in [0.1, 0.15) is 17.2 Å². The lowest BCUT2D eigenvalue weighted by atomic mass is 10.0. The molecule has 0 fully saturated rings. The molecule has 0 saturated carbocycles. The van der Waals surface area contributed by atoms with Gasteiger partial charge in [0.05, 0.1) is 6.61 Å². The van der Waals surface area contributed by atoms with Crippen molar-refractivity contribution < 1.29 is 18.6 Å². The average molecular weight is 421 g/mol. The molecule has 0 aliphatic heterocycles. The fourth-order valence-electron chi connectivity index (χ4n) is 2.94. The zero-order valence-electron chi connectivity index (χ0n) is 17.1. The molecule has 1 aromatic rings. The molecule has 0 radical (unpaired) electrons. The lowest BCUT2D eigenvalue weighted by Crippen LogP contribution is -2.11. The third-order valence-electron chi connectivity index (χ3n) is 4.82. The Labute approximate surface area is 174 Å². The molecule has 1 aliphatic rings. The van der Waals surface area contributed by atoms with Gasteiger partial charge >= 0.3 is 0 Å². The number of halogens is 2. The van der Waals surface area contributed by atoms with Crippen molar-refractivity contribution in [3.8, 4) is 11.5 Å². The van der Waals surface area contributed by atoms with Crippen LogP contribution >= 0.6 is 9.24 Å². The number of alkyl halides is 2. The van der Waals surface area contributed by atoms with E-state index in [2.05, 4.69) is 18.8 Å². The van der Waals surface area contributed by atoms with Crippen LogP contribution < -0.4 is 4.74 Å². The Morgan fingerprint density at radius 3 is 2.83 bits per heavy atom. The van der Waals surface area contributed by atoms with E-state index in [0.717, 1.165) is 12.8 Å². The molecule has 2 rings (SSSR count). The highest BCUT2D eigenvalue weighted by molar-refractivity contribution is 7.18. The molecular formula is C23H30F2NO2P. The first kappa shape index (κ1) is 23.3. The average Bonchev–Trinajstić information content (AvgIpc) is 2.94. The SMILES string of the molecule is CCCCC(CC)COc1ccc(O)c(N=CC2=CCC=CC(C(F)(F)P)=C2)c1. The van der Waals surface area contributed by atoms with Crippen molar-refractivity contribution in [1.29, 1.82) is 0 Å². The Balaban J connectivity index is 2.10. The lowest BCUT2D eigenvalue weighted by molar-refractivity contribution is 0.151. The Morgan fingerprint density at radius 1 is 1.34 bits per heavy atom. The molecule has 2 unspecified atom stereocenters. The second kappa shape index (κ2) is 11.3. The summed E-state index contributed by atoms with van der Waals surface area (Å²) >= 11 is 0. The van der Waals surface area contributed by atoms with Crippen molar-refractivity contribution >= 4 is 21.1 Å². The van der Waals surface area contributed by atoms with Crippen LogP contribution in [0.1, 0.15) is 46.0 Å². The summed E-state index contributed by atoms with van der Waals surface area (Å²) in [6, 6.07) is 4.92. The van der Waals surface area contributed by atoms with E-state index in [1.807, 2.05) is 0 Å². The lowest BCUT2D eigenvalue weighted by Gasteiger charge is -2.16. The summed E-state index contributed by atoms with van der Waals surface area (Å²) in [5, 5.41) is 10.1. The fourth-order valence-corrected chi connectivity index (χ4v) is 3.12. The minimum Gasteiger partial charge on any atom is -0.506 e. The molecule has 0 aromatic heterocycles.